The van der Waals surface area contributed by atoms with Gasteiger partial charge in [-0.2, -0.15) is 0 Å². The number of carbonyl (C=O) groups is 2. The first-order valence-corrected chi connectivity index (χ1v) is 9.46. The number of benzene rings is 2. The van der Waals surface area contributed by atoms with Crippen LogP contribution in [0.15, 0.2) is 30.3 Å². The molecule has 0 aromatic heterocycles. The fourth-order valence-electron chi connectivity index (χ4n) is 2.70. The molecule has 0 fully saturated rings. The standard InChI is InChI=1S/C20H21N3O10/c1-5-32-18-10-15(22(26)27)13(9-17(18)31-4)20(25)33-11(2)19(24)21-14-7-6-12(30-3)8-16(14)23(28)29/h6-11H,5H2,1-4H3,(H,21,24). The minimum atomic E-state index is -1.45. The van der Waals surface area contributed by atoms with Crippen LogP contribution in [-0.2, 0) is 9.53 Å². The van der Waals surface area contributed by atoms with Gasteiger partial charge < -0.3 is 24.3 Å². The number of nitro groups is 2. The van der Waals surface area contributed by atoms with Crippen molar-refractivity contribution in [3.05, 3.63) is 56.1 Å². The number of esters is 1. The van der Waals surface area contributed by atoms with Gasteiger partial charge in [0.1, 0.15) is 17.0 Å². The molecule has 13 nitrogen and oxygen atoms in total. The van der Waals surface area contributed by atoms with Gasteiger partial charge in [0.05, 0.1) is 42.8 Å². The molecular formula is C20H21N3O10. The van der Waals surface area contributed by atoms with Crippen LogP contribution in [-0.4, -0.2) is 48.7 Å². The van der Waals surface area contributed by atoms with Gasteiger partial charge >= 0.3 is 5.97 Å². The topological polar surface area (TPSA) is 169 Å². The van der Waals surface area contributed by atoms with E-state index < -0.39 is 44.8 Å². The molecule has 33 heavy (non-hydrogen) atoms. The summed E-state index contributed by atoms with van der Waals surface area (Å²) in [6, 6.07) is 5.86. The molecule has 2 aromatic carbocycles. The minimum Gasteiger partial charge on any atom is -0.496 e. The lowest BCUT2D eigenvalue weighted by atomic mass is 10.1. The molecule has 176 valence electrons. The monoisotopic (exact) mass is 463 g/mol. The fraction of sp³-hybridized carbons (Fsp3) is 0.300. The summed E-state index contributed by atoms with van der Waals surface area (Å²) in [6.45, 7) is 3.08. The second-order valence-electron chi connectivity index (χ2n) is 6.39. The van der Waals surface area contributed by atoms with E-state index >= 15 is 0 Å². The van der Waals surface area contributed by atoms with Crippen molar-refractivity contribution < 1.29 is 38.4 Å². The number of nitro benzene ring substituents is 2. The highest BCUT2D eigenvalue weighted by Crippen LogP contribution is 2.35. The number of rotatable bonds is 10. The average Bonchev–Trinajstić information content (AvgIpc) is 2.78. The molecule has 13 heteroatoms. The number of carbonyl (C=O) groups excluding carboxylic acids is 2. The van der Waals surface area contributed by atoms with Gasteiger partial charge in [0.25, 0.3) is 17.3 Å². The van der Waals surface area contributed by atoms with E-state index in [-0.39, 0.29) is 29.5 Å². The lowest BCUT2D eigenvalue weighted by molar-refractivity contribution is -0.385. The number of nitrogens with zero attached hydrogens (tertiary/aromatic N) is 2. The zero-order valence-electron chi connectivity index (χ0n) is 18.1. The van der Waals surface area contributed by atoms with Gasteiger partial charge in [-0.25, -0.2) is 4.79 Å². The highest BCUT2D eigenvalue weighted by atomic mass is 16.6. The molecule has 0 aliphatic rings. The lowest BCUT2D eigenvalue weighted by Crippen LogP contribution is -2.30. The molecule has 1 unspecified atom stereocenters. The number of methoxy groups -OCH3 is 2. The summed E-state index contributed by atoms with van der Waals surface area (Å²) in [5.74, 6) is -1.75. The van der Waals surface area contributed by atoms with Crippen LogP contribution in [0.2, 0.25) is 0 Å². The molecule has 0 heterocycles. The third kappa shape index (κ3) is 5.84. The van der Waals surface area contributed by atoms with Crippen LogP contribution in [0.3, 0.4) is 0 Å². The van der Waals surface area contributed by atoms with Crippen LogP contribution in [0.5, 0.6) is 17.2 Å². The van der Waals surface area contributed by atoms with E-state index in [1.165, 1.54) is 33.3 Å². The van der Waals surface area contributed by atoms with Crippen LogP contribution < -0.4 is 19.5 Å². The zero-order chi connectivity index (χ0) is 24.7. The number of nitrogens with one attached hydrogen (secondary N) is 1. The van der Waals surface area contributed by atoms with Crippen LogP contribution in [0, 0.1) is 20.2 Å². The molecule has 2 aromatic rings. The van der Waals surface area contributed by atoms with Crippen molar-refractivity contribution in [2.24, 2.45) is 0 Å². The molecule has 0 spiro atoms. The van der Waals surface area contributed by atoms with Crippen LogP contribution in [0.1, 0.15) is 24.2 Å². The van der Waals surface area contributed by atoms with Crippen molar-refractivity contribution in [1.29, 1.82) is 0 Å². The van der Waals surface area contributed by atoms with E-state index in [1.54, 1.807) is 6.92 Å². The van der Waals surface area contributed by atoms with Crippen LogP contribution in [0.4, 0.5) is 17.1 Å². The Hall–Kier alpha value is -4.42. The molecule has 0 aliphatic carbocycles. The SMILES string of the molecule is CCOc1cc([N+](=O)[O-])c(C(=O)OC(C)C(=O)Nc2ccc(OC)cc2[N+](=O)[O-])cc1OC. The first kappa shape index (κ1) is 24.8. The minimum absolute atomic E-state index is 0.0559. The maximum Gasteiger partial charge on any atom is 0.346 e. The Morgan fingerprint density at radius 3 is 2.21 bits per heavy atom. The summed E-state index contributed by atoms with van der Waals surface area (Å²) in [5.41, 5.74) is -1.66. The Morgan fingerprint density at radius 1 is 1.00 bits per heavy atom. The van der Waals surface area contributed by atoms with Gasteiger partial charge in [0, 0.05) is 6.07 Å². The van der Waals surface area contributed by atoms with Crippen molar-refractivity contribution in [2.75, 3.05) is 26.1 Å². The summed E-state index contributed by atoms with van der Waals surface area (Å²) < 4.78 is 20.4. The Bertz CT molecular complexity index is 1090. The summed E-state index contributed by atoms with van der Waals surface area (Å²) in [6.07, 6.45) is -1.45. The molecule has 0 aliphatic heterocycles. The largest absolute Gasteiger partial charge is 0.496 e. The highest BCUT2D eigenvalue weighted by Gasteiger charge is 2.29. The van der Waals surface area contributed by atoms with E-state index in [4.69, 9.17) is 18.9 Å². The van der Waals surface area contributed by atoms with Crippen molar-refractivity contribution in [1.82, 2.24) is 0 Å². The maximum absolute atomic E-state index is 12.6. The van der Waals surface area contributed by atoms with Gasteiger partial charge in [-0.1, -0.05) is 0 Å². The quantitative estimate of drug-likeness (QED) is 0.314. The van der Waals surface area contributed by atoms with E-state index in [1.807, 2.05) is 0 Å². The second-order valence-corrected chi connectivity index (χ2v) is 6.39. The van der Waals surface area contributed by atoms with E-state index in [2.05, 4.69) is 5.32 Å². The number of hydrogen-bond acceptors (Lipinski definition) is 10. The van der Waals surface area contributed by atoms with Gasteiger partial charge in [0.15, 0.2) is 17.6 Å². The number of amides is 1. The van der Waals surface area contributed by atoms with E-state index in [9.17, 15) is 29.8 Å². The van der Waals surface area contributed by atoms with Gasteiger partial charge in [-0.05, 0) is 26.0 Å². The van der Waals surface area contributed by atoms with Crippen molar-refractivity contribution in [3.8, 4) is 17.2 Å². The van der Waals surface area contributed by atoms with Gasteiger partial charge in [0.2, 0.25) is 0 Å². The zero-order valence-corrected chi connectivity index (χ0v) is 18.1. The number of ether oxygens (including phenoxy) is 4. The number of anilines is 1. The van der Waals surface area contributed by atoms with Crippen LogP contribution >= 0.6 is 0 Å². The van der Waals surface area contributed by atoms with Crippen LogP contribution in [0.25, 0.3) is 0 Å². The van der Waals surface area contributed by atoms with Crippen molar-refractivity contribution in [3.63, 3.8) is 0 Å². The smallest absolute Gasteiger partial charge is 0.346 e. The molecule has 0 saturated carbocycles. The molecule has 2 rings (SSSR count). The first-order valence-electron chi connectivity index (χ1n) is 9.46. The first-order chi connectivity index (χ1) is 15.6. The Balaban J connectivity index is 2.26. The predicted octanol–water partition coefficient (Wildman–Crippen LogP) is 3.10. The van der Waals surface area contributed by atoms with Crippen molar-refractivity contribution >= 4 is 28.9 Å². The molecule has 0 bridgehead atoms. The van der Waals surface area contributed by atoms with E-state index in [0.717, 1.165) is 18.2 Å². The summed E-state index contributed by atoms with van der Waals surface area (Å²) in [7, 11) is 2.62. The number of hydrogen-bond donors (Lipinski definition) is 1. The molecule has 1 N–H and O–H groups in total. The summed E-state index contributed by atoms with van der Waals surface area (Å²) in [4.78, 5) is 46.3. The Morgan fingerprint density at radius 2 is 1.67 bits per heavy atom. The third-order valence-corrected chi connectivity index (χ3v) is 4.31. The van der Waals surface area contributed by atoms with Crippen molar-refractivity contribution in [2.45, 2.75) is 20.0 Å². The average molecular weight is 463 g/mol. The summed E-state index contributed by atoms with van der Waals surface area (Å²) in [5, 5.41) is 25.0. The van der Waals surface area contributed by atoms with E-state index in [0.29, 0.717) is 0 Å². The Kier molecular flexibility index (Phi) is 8.09. The molecule has 0 saturated heterocycles. The van der Waals surface area contributed by atoms with Gasteiger partial charge in [-0.15, -0.1) is 0 Å². The summed E-state index contributed by atoms with van der Waals surface area (Å²) >= 11 is 0. The fourth-order valence-corrected chi connectivity index (χ4v) is 2.70. The second kappa shape index (κ2) is 10.7. The predicted molar refractivity (Wildman–Crippen MR) is 114 cm³/mol. The third-order valence-electron chi connectivity index (χ3n) is 4.31. The molecular weight excluding hydrogens is 442 g/mol. The molecule has 0 radical (unpaired) electrons. The molecule has 1 atom stereocenters. The molecule has 1 amide bonds. The highest BCUT2D eigenvalue weighted by molar-refractivity contribution is 6.00. The van der Waals surface area contributed by atoms with Gasteiger partial charge in [-0.3, -0.25) is 25.0 Å². The normalized spacial score (nSPS) is 11.2. The lowest BCUT2D eigenvalue weighted by Gasteiger charge is -2.15. The Labute approximate surface area is 187 Å². The maximum atomic E-state index is 12.6.